The lowest BCUT2D eigenvalue weighted by Gasteiger charge is -2.23. The fraction of sp³-hybridized carbons (Fsp3) is 0.389. The zero-order valence-electron chi connectivity index (χ0n) is 15.2. The largest absolute Gasteiger partial charge is 0.385 e. The van der Waals surface area contributed by atoms with Crippen LogP contribution in [0, 0.1) is 5.82 Å². The molecule has 2 rings (SSSR count). The molecule has 0 unspecified atom stereocenters. The van der Waals surface area contributed by atoms with Crippen LogP contribution in [0.25, 0.3) is 0 Å². The average molecular weight is 361 g/mol. The summed E-state index contributed by atoms with van der Waals surface area (Å²) in [7, 11) is 1.61. The molecular formula is C18H24FN5O2. The van der Waals surface area contributed by atoms with E-state index in [1.54, 1.807) is 19.4 Å². The Balaban J connectivity index is 2.28. The van der Waals surface area contributed by atoms with Gasteiger partial charge in [-0.1, -0.05) is 0 Å². The van der Waals surface area contributed by atoms with Crippen LogP contribution >= 0.6 is 0 Å². The molecule has 0 atom stereocenters. The number of rotatable bonds is 8. The normalized spacial score (nSPS) is 10.7. The fourth-order valence-electron chi connectivity index (χ4n) is 2.24. The van der Waals surface area contributed by atoms with E-state index in [-0.39, 0.29) is 17.9 Å². The number of anilines is 3. The van der Waals surface area contributed by atoms with Gasteiger partial charge in [-0.05, 0) is 44.5 Å². The highest BCUT2D eigenvalue weighted by Gasteiger charge is 2.20. The maximum Gasteiger partial charge on any atom is 0.327 e. The number of aromatic nitrogens is 2. The summed E-state index contributed by atoms with van der Waals surface area (Å²) in [4.78, 5) is 22.7. The van der Waals surface area contributed by atoms with Gasteiger partial charge in [0, 0.05) is 38.6 Å². The Kier molecular flexibility index (Phi) is 7.28. The van der Waals surface area contributed by atoms with Crippen molar-refractivity contribution in [3.8, 4) is 0 Å². The number of amides is 2. The molecule has 2 N–H and O–H groups in total. The van der Waals surface area contributed by atoms with Gasteiger partial charge in [0.2, 0.25) is 5.95 Å². The topological polar surface area (TPSA) is 79.4 Å². The van der Waals surface area contributed by atoms with Gasteiger partial charge >= 0.3 is 6.03 Å². The van der Waals surface area contributed by atoms with Crippen molar-refractivity contribution in [1.29, 1.82) is 0 Å². The number of carbonyl (C=O) groups excluding carboxylic acids is 1. The highest BCUT2D eigenvalue weighted by molar-refractivity contribution is 5.98. The number of ether oxygens (including phenoxy) is 1. The first kappa shape index (κ1) is 19.6. The van der Waals surface area contributed by atoms with Crippen LogP contribution in [0.3, 0.4) is 0 Å². The molecule has 2 amide bonds. The Morgan fingerprint density at radius 2 is 2.00 bits per heavy atom. The van der Waals surface area contributed by atoms with E-state index in [2.05, 4.69) is 20.6 Å². The predicted molar refractivity (Wildman–Crippen MR) is 99.2 cm³/mol. The molecule has 1 aromatic carbocycles. The molecule has 0 aliphatic carbocycles. The first-order valence-electron chi connectivity index (χ1n) is 8.43. The summed E-state index contributed by atoms with van der Waals surface area (Å²) in [6.07, 6.45) is 2.26. The predicted octanol–water partition coefficient (Wildman–Crippen LogP) is 3.32. The van der Waals surface area contributed by atoms with Gasteiger partial charge in [-0.3, -0.25) is 0 Å². The lowest BCUT2D eigenvalue weighted by atomic mass is 10.3. The average Bonchev–Trinajstić information content (AvgIpc) is 2.60. The standard InChI is InChI=1S/C18H24FN5O2/c1-13(2)22-17-20-11-9-16(23-17)24(15-7-5-14(19)6-8-15)18(25)21-10-4-12-26-3/h5-9,11,13H,4,10,12H2,1-3H3,(H,21,25)(H,20,22,23). The van der Waals surface area contributed by atoms with E-state index in [4.69, 9.17) is 4.74 Å². The second-order valence-electron chi connectivity index (χ2n) is 5.93. The minimum absolute atomic E-state index is 0.146. The molecule has 0 radical (unpaired) electrons. The van der Waals surface area contributed by atoms with Gasteiger partial charge in [0.15, 0.2) is 0 Å². The van der Waals surface area contributed by atoms with Crippen molar-refractivity contribution >= 4 is 23.5 Å². The molecule has 0 fully saturated rings. The summed E-state index contributed by atoms with van der Waals surface area (Å²) < 4.78 is 18.3. The van der Waals surface area contributed by atoms with Gasteiger partial charge in [0.05, 0.1) is 5.69 Å². The van der Waals surface area contributed by atoms with Crippen molar-refractivity contribution in [3.05, 3.63) is 42.3 Å². The van der Waals surface area contributed by atoms with Gasteiger partial charge in [0.25, 0.3) is 0 Å². The maximum atomic E-state index is 13.3. The number of benzene rings is 1. The molecule has 0 saturated carbocycles. The Morgan fingerprint density at radius 3 is 2.65 bits per heavy atom. The second kappa shape index (κ2) is 9.67. The number of hydrogen-bond donors (Lipinski definition) is 2. The molecule has 0 bridgehead atoms. The minimum Gasteiger partial charge on any atom is -0.385 e. The molecule has 26 heavy (non-hydrogen) atoms. The summed E-state index contributed by atoms with van der Waals surface area (Å²) in [5, 5.41) is 5.92. The van der Waals surface area contributed by atoms with Gasteiger partial charge in [-0.25, -0.2) is 19.1 Å². The van der Waals surface area contributed by atoms with E-state index in [1.807, 2.05) is 13.8 Å². The maximum absolute atomic E-state index is 13.3. The Morgan fingerprint density at radius 1 is 1.27 bits per heavy atom. The SMILES string of the molecule is COCCCNC(=O)N(c1ccc(F)cc1)c1ccnc(NC(C)C)n1. The van der Waals surface area contributed by atoms with Crippen molar-refractivity contribution in [3.63, 3.8) is 0 Å². The van der Waals surface area contributed by atoms with E-state index in [1.165, 1.54) is 29.2 Å². The van der Waals surface area contributed by atoms with Crippen LogP contribution in [0.5, 0.6) is 0 Å². The molecule has 140 valence electrons. The van der Waals surface area contributed by atoms with E-state index in [0.29, 0.717) is 37.0 Å². The molecule has 0 aliphatic rings. The number of nitrogens with one attached hydrogen (secondary N) is 2. The van der Waals surface area contributed by atoms with Gasteiger partial charge in [-0.2, -0.15) is 4.98 Å². The van der Waals surface area contributed by atoms with Crippen LogP contribution in [0.15, 0.2) is 36.5 Å². The summed E-state index contributed by atoms with van der Waals surface area (Å²) in [6, 6.07) is 7.08. The monoisotopic (exact) mass is 361 g/mol. The number of methoxy groups -OCH3 is 1. The van der Waals surface area contributed by atoms with Crippen LogP contribution in [0.2, 0.25) is 0 Å². The van der Waals surface area contributed by atoms with Crippen molar-refractivity contribution in [2.45, 2.75) is 26.3 Å². The van der Waals surface area contributed by atoms with Gasteiger partial charge in [0.1, 0.15) is 11.6 Å². The van der Waals surface area contributed by atoms with Crippen molar-refractivity contribution in [1.82, 2.24) is 15.3 Å². The molecule has 7 nitrogen and oxygen atoms in total. The van der Waals surface area contributed by atoms with Crippen LogP contribution < -0.4 is 15.5 Å². The number of nitrogens with zero attached hydrogens (tertiary/aromatic N) is 3. The summed E-state index contributed by atoms with van der Waals surface area (Å²) >= 11 is 0. The highest BCUT2D eigenvalue weighted by Crippen LogP contribution is 2.24. The summed E-state index contributed by atoms with van der Waals surface area (Å²) in [6.45, 7) is 4.94. The third-order valence-corrected chi connectivity index (χ3v) is 3.38. The molecule has 0 saturated heterocycles. The summed E-state index contributed by atoms with van der Waals surface area (Å²) in [5.74, 6) is 0.426. The first-order chi connectivity index (χ1) is 12.5. The third kappa shape index (κ3) is 5.66. The zero-order chi connectivity index (χ0) is 18.9. The van der Waals surface area contributed by atoms with Crippen molar-refractivity contribution in [2.24, 2.45) is 0 Å². The molecule has 1 heterocycles. The smallest absolute Gasteiger partial charge is 0.327 e. The van der Waals surface area contributed by atoms with Crippen LogP contribution in [0.1, 0.15) is 20.3 Å². The number of hydrogen-bond acceptors (Lipinski definition) is 5. The quantitative estimate of drug-likeness (QED) is 0.705. The first-order valence-corrected chi connectivity index (χ1v) is 8.43. The van der Waals surface area contributed by atoms with Crippen LogP contribution in [-0.2, 0) is 4.74 Å². The molecule has 0 aliphatic heterocycles. The number of carbonyl (C=O) groups is 1. The molecular weight excluding hydrogens is 337 g/mol. The summed E-state index contributed by atoms with van der Waals surface area (Å²) in [5.41, 5.74) is 0.504. The van der Waals surface area contributed by atoms with Crippen LogP contribution in [-0.4, -0.2) is 42.3 Å². The second-order valence-corrected chi connectivity index (χ2v) is 5.93. The van der Waals surface area contributed by atoms with Gasteiger partial charge < -0.3 is 15.4 Å². The van der Waals surface area contributed by atoms with Crippen molar-refractivity contribution < 1.29 is 13.9 Å². The lowest BCUT2D eigenvalue weighted by molar-refractivity contribution is 0.194. The van der Waals surface area contributed by atoms with E-state index in [0.717, 1.165) is 0 Å². The Hall–Kier alpha value is -2.74. The Labute approximate surface area is 152 Å². The van der Waals surface area contributed by atoms with Crippen LogP contribution in [0.4, 0.5) is 26.6 Å². The highest BCUT2D eigenvalue weighted by atomic mass is 19.1. The van der Waals surface area contributed by atoms with E-state index < -0.39 is 0 Å². The number of halogens is 1. The molecule has 2 aromatic rings. The van der Waals surface area contributed by atoms with Gasteiger partial charge in [-0.15, -0.1) is 0 Å². The number of urea groups is 1. The molecule has 8 heteroatoms. The molecule has 0 spiro atoms. The lowest BCUT2D eigenvalue weighted by Crippen LogP contribution is -2.38. The zero-order valence-corrected chi connectivity index (χ0v) is 15.2. The Bertz CT molecular complexity index is 709. The molecule has 1 aromatic heterocycles. The minimum atomic E-state index is -0.376. The van der Waals surface area contributed by atoms with Crippen molar-refractivity contribution in [2.75, 3.05) is 30.5 Å². The van der Waals surface area contributed by atoms with E-state index in [9.17, 15) is 9.18 Å². The fourth-order valence-corrected chi connectivity index (χ4v) is 2.24. The third-order valence-electron chi connectivity index (χ3n) is 3.38. The van der Waals surface area contributed by atoms with E-state index >= 15 is 0 Å².